The van der Waals surface area contributed by atoms with Gasteiger partial charge in [-0.3, -0.25) is 4.79 Å². The van der Waals surface area contributed by atoms with Gasteiger partial charge in [0.1, 0.15) is 0 Å². The van der Waals surface area contributed by atoms with Crippen molar-refractivity contribution in [3.05, 3.63) is 89.4 Å². The Morgan fingerprint density at radius 3 is 2.47 bits per heavy atom. The van der Waals surface area contributed by atoms with Gasteiger partial charge in [0.15, 0.2) is 0 Å². The summed E-state index contributed by atoms with van der Waals surface area (Å²) in [5, 5.41) is 8.17. The summed E-state index contributed by atoms with van der Waals surface area (Å²) in [4.78, 5) is 22.8. The number of nitrogens with zero attached hydrogens (tertiary/aromatic N) is 3. The van der Waals surface area contributed by atoms with Crippen LogP contribution in [0.25, 0.3) is 33.4 Å². The molecule has 0 aliphatic heterocycles. The number of hydrogen-bond acceptors (Lipinski definition) is 5. The average Bonchev–Trinajstić information content (AvgIpc) is 3.48. The van der Waals surface area contributed by atoms with E-state index in [0.29, 0.717) is 17.3 Å². The monoisotopic (exact) mass is 479 g/mol. The molecule has 36 heavy (non-hydrogen) atoms. The van der Waals surface area contributed by atoms with E-state index in [1.807, 2.05) is 67.6 Å². The molecule has 0 bridgehead atoms. The van der Waals surface area contributed by atoms with Crippen molar-refractivity contribution in [2.24, 2.45) is 0 Å². The molecule has 2 aromatic heterocycles. The zero-order valence-electron chi connectivity index (χ0n) is 20.9. The number of H-pyrrole nitrogens is 1. The quantitative estimate of drug-likeness (QED) is 0.305. The Bertz CT molecular complexity index is 1530. The maximum atomic E-state index is 13.0. The van der Waals surface area contributed by atoms with Gasteiger partial charge in [0.25, 0.3) is 5.91 Å². The third kappa shape index (κ3) is 4.92. The third-order valence-corrected chi connectivity index (χ3v) is 6.32. The molecule has 0 saturated carbocycles. The minimum atomic E-state index is -0.128. The van der Waals surface area contributed by atoms with Crippen LogP contribution in [-0.4, -0.2) is 46.6 Å². The lowest BCUT2D eigenvalue weighted by Crippen LogP contribution is -2.15. The third-order valence-electron chi connectivity index (χ3n) is 6.32. The minimum Gasteiger partial charge on any atom is -0.361 e. The van der Waals surface area contributed by atoms with Crippen molar-refractivity contribution < 1.29 is 9.32 Å². The van der Waals surface area contributed by atoms with Crippen molar-refractivity contribution >= 4 is 22.5 Å². The lowest BCUT2D eigenvalue weighted by Gasteiger charge is -2.11. The number of aromatic nitrogens is 3. The number of likely N-dealkylation sites (N-methyl/N-ethyl adjacent to an activating group) is 1. The van der Waals surface area contributed by atoms with Gasteiger partial charge in [0, 0.05) is 47.4 Å². The van der Waals surface area contributed by atoms with Gasteiger partial charge in [0.2, 0.25) is 11.7 Å². The first-order valence-corrected chi connectivity index (χ1v) is 12.0. The Labute approximate surface area is 210 Å². The van der Waals surface area contributed by atoms with E-state index in [-0.39, 0.29) is 5.91 Å². The maximum absolute atomic E-state index is 13.0. The van der Waals surface area contributed by atoms with Crippen molar-refractivity contribution in [2.75, 3.05) is 26.0 Å². The molecule has 2 N–H and O–H groups in total. The molecule has 0 atom stereocenters. The van der Waals surface area contributed by atoms with Crippen molar-refractivity contribution in [3.63, 3.8) is 0 Å². The molecule has 5 rings (SSSR count). The highest BCUT2D eigenvalue weighted by Crippen LogP contribution is 2.28. The summed E-state index contributed by atoms with van der Waals surface area (Å²) in [6, 6.07) is 19.8. The van der Waals surface area contributed by atoms with Crippen LogP contribution >= 0.6 is 0 Å². The van der Waals surface area contributed by atoms with Crippen LogP contribution in [0.5, 0.6) is 0 Å². The highest BCUT2D eigenvalue weighted by Gasteiger charge is 2.12. The molecule has 0 fully saturated rings. The first kappa shape index (κ1) is 23.5. The summed E-state index contributed by atoms with van der Waals surface area (Å²) in [7, 11) is 4.14. The molecule has 7 heteroatoms. The van der Waals surface area contributed by atoms with E-state index in [4.69, 9.17) is 4.52 Å². The number of benzene rings is 3. The van der Waals surface area contributed by atoms with Crippen LogP contribution < -0.4 is 5.32 Å². The molecule has 0 radical (unpaired) electrons. The number of fused-ring (bicyclic) bond motifs is 1. The van der Waals surface area contributed by atoms with Crippen LogP contribution in [-0.2, 0) is 6.42 Å². The Balaban J connectivity index is 1.32. The first-order chi connectivity index (χ1) is 17.4. The van der Waals surface area contributed by atoms with Crippen molar-refractivity contribution in [1.29, 1.82) is 0 Å². The fourth-order valence-electron chi connectivity index (χ4n) is 4.35. The number of aromatic amines is 1. The highest BCUT2D eigenvalue weighted by atomic mass is 16.5. The van der Waals surface area contributed by atoms with E-state index < -0.39 is 0 Å². The van der Waals surface area contributed by atoms with Gasteiger partial charge in [-0.05, 0) is 80.0 Å². The second-order valence-electron chi connectivity index (χ2n) is 9.33. The van der Waals surface area contributed by atoms with E-state index in [9.17, 15) is 4.79 Å². The van der Waals surface area contributed by atoms with Gasteiger partial charge in [-0.1, -0.05) is 35.5 Å². The van der Waals surface area contributed by atoms with Gasteiger partial charge in [-0.2, -0.15) is 4.98 Å². The number of anilines is 1. The Kier molecular flexibility index (Phi) is 6.40. The van der Waals surface area contributed by atoms with Crippen LogP contribution in [0.3, 0.4) is 0 Å². The van der Waals surface area contributed by atoms with Crippen LogP contribution in [0.1, 0.15) is 27.4 Å². The van der Waals surface area contributed by atoms with Crippen molar-refractivity contribution in [1.82, 2.24) is 20.0 Å². The number of carbonyl (C=O) groups is 1. The zero-order chi connectivity index (χ0) is 25.2. The summed E-state index contributed by atoms with van der Waals surface area (Å²) in [5.74, 6) is 0.985. The summed E-state index contributed by atoms with van der Waals surface area (Å²) < 4.78 is 5.07. The molecule has 0 spiro atoms. The van der Waals surface area contributed by atoms with E-state index in [1.54, 1.807) is 6.92 Å². The van der Waals surface area contributed by atoms with Gasteiger partial charge < -0.3 is 19.7 Å². The lowest BCUT2D eigenvalue weighted by molar-refractivity contribution is 0.102. The molecule has 1 amide bonds. The molecule has 2 heterocycles. The van der Waals surface area contributed by atoms with E-state index in [2.05, 4.69) is 45.6 Å². The molecule has 3 aromatic carbocycles. The van der Waals surface area contributed by atoms with Crippen LogP contribution in [0, 0.1) is 13.8 Å². The summed E-state index contributed by atoms with van der Waals surface area (Å²) in [6.45, 7) is 4.76. The Hall–Kier alpha value is -4.23. The summed E-state index contributed by atoms with van der Waals surface area (Å²) >= 11 is 0. The maximum Gasteiger partial charge on any atom is 0.255 e. The smallest absolute Gasteiger partial charge is 0.255 e. The van der Waals surface area contributed by atoms with E-state index >= 15 is 0 Å². The van der Waals surface area contributed by atoms with Crippen LogP contribution in [0.15, 0.2) is 71.4 Å². The average molecular weight is 480 g/mol. The summed E-state index contributed by atoms with van der Waals surface area (Å²) in [5.41, 5.74) is 7.78. The minimum absolute atomic E-state index is 0.128. The predicted molar refractivity (Wildman–Crippen MR) is 143 cm³/mol. The molecular formula is C29H29N5O2. The van der Waals surface area contributed by atoms with Gasteiger partial charge in [-0.25, -0.2) is 0 Å². The molecule has 0 unspecified atom stereocenters. The Morgan fingerprint density at radius 1 is 1.00 bits per heavy atom. The number of amides is 1. The van der Waals surface area contributed by atoms with Crippen molar-refractivity contribution in [2.45, 2.75) is 20.3 Å². The lowest BCUT2D eigenvalue weighted by atomic mass is 9.97. The number of carbonyl (C=O) groups excluding carboxylic acids is 1. The van der Waals surface area contributed by atoms with Gasteiger partial charge in [-0.15, -0.1) is 0 Å². The van der Waals surface area contributed by atoms with Gasteiger partial charge in [0.05, 0.1) is 0 Å². The molecule has 182 valence electrons. The molecule has 0 saturated heterocycles. The topological polar surface area (TPSA) is 87.0 Å². The summed E-state index contributed by atoms with van der Waals surface area (Å²) in [6.07, 6.45) is 3.00. The normalized spacial score (nSPS) is 11.4. The highest BCUT2D eigenvalue weighted by molar-refractivity contribution is 6.05. The van der Waals surface area contributed by atoms with E-state index in [1.165, 1.54) is 5.56 Å². The van der Waals surface area contributed by atoms with Crippen LogP contribution in [0.4, 0.5) is 5.69 Å². The second kappa shape index (κ2) is 9.79. The molecular weight excluding hydrogens is 450 g/mol. The zero-order valence-corrected chi connectivity index (χ0v) is 20.9. The first-order valence-electron chi connectivity index (χ1n) is 12.0. The standard InChI is InChI=1S/C29H29N5O2/c1-18-15-22(9-11-25(18)20-5-7-21(8-6-20)28-31-19(2)36-33-28)29(35)32-24-10-12-27-26(16-24)23(17-30-27)13-14-34(3)4/h5-12,15-17,30H,13-14H2,1-4H3,(H,32,35). The molecule has 0 aliphatic carbocycles. The van der Waals surface area contributed by atoms with Crippen molar-refractivity contribution in [3.8, 4) is 22.5 Å². The largest absolute Gasteiger partial charge is 0.361 e. The number of aryl methyl sites for hydroxylation is 2. The number of rotatable bonds is 7. The molecule has 7 nitrogen and oxygen atoms in total. The fourth-order valence-corrected chi connectivity index (χ4v) is 4.35. The van der Waals surface area contributed by atoms with Gasteiger partial charge >= 0.3 is 0 Å². The number of nitrogens with one attached hydrogen (secondary N) is 2. The van der Waals surface area contributed by atoms with E-state index in [0.717, 1.165) is 51.8 Å². The predicted octanol–water partition coefficient (Wildman–Crippen LogP) is 5.86. The molecule has 0 aliphatic rings. The second-order valence-corrected chi connectivity index (χ2v) is 9.33. The van der Waals surface area contributed by atoms with Crippen LogP contribution in [0.2, 0.25) is 0 Å². The SMILES string of the molecule is Cc1nc(-c2ccc(-c3ccc(C(=O)Nc4ccc5[nH]cc(CCN(C)C)c5c4)cc3C)cc2)no1. The molecule has 5 aromatic rings. The Morgan fingerprint density at radius 2 is 1.78 bits per heavy atom. The fraction of sp³-hybridized carbons (Fsp3) is 0.207. The number of hydrogen-bond donors (Lipinski definition) is 2.